The Morgan fingerprint density at radius 2 is 1.67 bits per heavy atom. The average molecular weight is 457 g/mol. The van der Waals surface area contributed by atoms with E-state index in [1.807, 2.05) is 0 Å². The summed E-state index contributed by atoms with van der Waals surface area (Å²) in [5, 5.41) is 13.5. The summed E-state index contributed by atoms with van der Waals surface area (Å²) < 4.78 is 9.88. The Hall–Kier alpha value is -4.28. The Bertz CT molecular complexity index is 1030. The van der Waals surface area contributed by atoms with Crippen LogP contribution in [-0.2, 0) is 19.1 Å². The maximum absolute atomic E-state index is 12.8. The highest BCUT2D eigenvalue weighted by Gasteiger charge is 2.32. The summed E-state index contributed by atoms with van der Waals surface area (Å²) in [6.45, 7) is 2.96. The third-order valence-electron chi connectivity index (χ3n) is 4.60. The summed E-state index contributed by atoms with van der Waals surface area (Å²) in [4.78, 5) is 58.6. The Labute approximate surface area is 189 Å². The summed E-state index contributed by atoms with van der Waals surface area (Å²) >= 11 is 0. The number of nitrogens with one attached hydrogen (secondary N) is 1. The molecule has 3 N–H and O–H groups in total. The minimum atomic E-state index is -1.32. The van der Waals surface area contributed by atoms with E-state index in [0.29, 0.717) is 5.56 Å². The second-order valence-electron chi connectivity index (χ2n) is 6.94. The van der Waals surface area contributed by atoms with Crippen LogP contribution in [0.5, 0.6) is 5.75 Å². The number of benzene rings is 2. The van der Waals surface area contributed by atoms with Crippen molar-refractivity contribution in [3.8, 4) is 5.75 Å². The predicted molar refractivity (Wildman–Crippen MR) is 115 cm³/mol. The summed E-state index contributed by atoms with van der Waals surface area (Å²) in [5.74, 6) is -3.43. The average Bonchev–Trinajstić information content (AvgIpc) is 2.76. The van der Waals surface area contributed by atoms with Crippen LogP contribution in [0.1, 0.15) is 42.1 Å². The molecule has 0 aliphatic heterocycles. The lowest BCUT2D eigenvalue weighted by Gasteiger charge is -2.25. The van der Waals surface area contributed by atoms with E-state index < -0.39 is 40.6 Å². The first kappa shape index (κ1) is 25.0. The molecular formula is C22H23N3O8. The summed E-state index contributed by atoms with van der Waals surface area (Å²) in [6.07, 6.45) is -0.301. The molecule has 11 nitrogen and oxygen atoms in total. The van der Waals surface area contributed by atoms with Crippen LogP contribution in [-0.4, -0.2) is 41.3 Å². The molecule has 2 amide bonds. The summed E-state index contributed by atoms with van der Waals surface area (Å²) in [6, 6.07) is 9.48. The number of carbonyl (C=O) groups is 4. The van der Waals surface area contributed by atoms with Gasteiger partial charge in [-0.15, -0.1) is 0 Å². The van der Waals surface area contributed by atoms with Crippen LogP contribution in [0.2, 0.25) is 0 Å². The molecule has 0 aliphatic rings. The number of non-ortho nitro benzene ring substituents is 1. The number of nitrogens with two attached hydrogens (primary N) is 1. The Balaban J connectivity index is 2.32. The van der Waals surface area contributed by atoms with Gasteiger partial charge in [0.05, 0.1) is 18.0 Å². The van der Waals surface area contributed by atoms with Crippen molar-refractivity contribution in [2.45, 2.75) is 32.2 Å². The van der Waals surface area contributed by atoms with Crippen molar-refractivity contribution in [1.29, 1.82) is 0 Å². The van der Waals surface area contributed by atoms with E-state index in [9.17, 15) is 29.3 Å². The van der Waals surface area contributed by atoms with Crippen molar-refractivity contribution >= 4 is 29.4 Å². The number of nitro groups is 1. The van der Waals surface area contributed by atoms with Crippen molar-refractivity contribution in [3.05, 3.63) is 69.8 Å². The molecule has 0 fully saturated rings. The van der Waals surface area contributed by atoms with E-state index in [1.165, 1.54) is 55.5 Å². The number of carbonyl (C=O) groups excluding carboxylic acids is 4. The van der Waals surface area contributed by atoms with Crippen molar-refractivity contribution in [1.82, 2.24) is 5.32 Å². The van der Waals surface area contributed by atoms with Crippen LogP contribution in [0.3, 0.4) is 0 Å². The lowest BCUT2D eigenvalue weighted by atomic mass is 9.87. The topological polar surface area (TPSA) is 168 Å². The fourth-order valence-electron chi connectivity index (χ4n) is 3.11. The number of rotatable bonds is 10. The van der Waals surface area contributed by atoms with E-state index in [4.69, 9.17) is 15.2 Å². The zero-order valence-corrected chi connectivity index (χ0v) is 18.0. The molecule has 0 saturated carbocycles. The monoisotopic (exact) mass is 457 g/mol. The molecule has 2 rings (SSSR count). The highest BCUT2D eigenvalue weighted by atomic mass is 16.6. The molecule has 0 bridgehead atoms. The predicted octanol–water partition coefficient (Wildman–Crippen LogP) is 1.84. The second-order valence-corrected chi connectivity index (χ2v) is 6.94. The Morgan fingerprint density at radius 1 is 1.06 bits per heavy atom. The van der Waals surface area contributed by atoms with Crippen LogP contribution in [0.4, 0.5) is 5.69 Å². The Kier molecular flexibility index (Phi) is 8.61. The maximum Gasteiger partial charge on any atom is 0.308 e. The minimum Gasteiger partial charge on any atom is -0.466 e. The second kappa shape index (κ2) is 11.4. The lowest BCUT2D eigenvalue weighted by Crippen LogP contribution is -2.48. The maximum atomic E-state index is 12.8. The molecule has 174 valence electrons. The molecule has 11 heteroatoms. The fourth-order valence-corrected chi connectivity index (χ4v) is 3.11. The number of esters is 2. The number of hydrogen-bond donors (Lipinski definition) is 2. The lowest BCUT2D eigenvalue weighted by molar-refractivity contribution is -0.384. The first-order valence-corrected chi connectivity index (χ1v) is 9.91. The molecule has 2 aromatic carbocycles. The van der Waals surface area contributed by atoms with E-state index in [-0.39, 0.29) is 30.0 Å². The number of ether oxygens (including phenoxy) is 2. The quantitative estimate of drug-likeness (QED) is 0.236. The van der Waals surface area contributed by atoms with Gasteiger partial charge >= 0.3 is 11.9 Å². The van der Waals surface area contributed by atoms with Gasteiger partial charge < -0.3 is 20.5 Å². The van der Waals surface area contributed by atoms with Gasteiger partial charge in [0.2, 0.25) is 5.91 Å². The van der Waals surface area contributed by atoms with Gasteiger partial charge in [-0.3, -0.25) is 29.3 Å². The SMILES string of the molecule is CCOC(=O)C[C@H](c1ccc([N+](=O)[O-])cc1)[C@@H](NC(=O)c1ccc(OC(C)=O)cc1)C(N)=O. The van der Waals surface area contributed by atoms with Crippen LogP contribution in [0, 0.1) is 10.1 Å². The molecule has 0 aliphatic carbocycles. The zero-order chi connectivity index (χ0) is 24.5. The molecule has 0 spiro atoms. The number of amides is 2. The van der Waals surface area contributed by atoms with Crippen LogP contribution in [0.25, 0.3) is 0 Å². The van der Waals surface area contributed by atoms with Gasteiger partial charge in [0.15, 0.2) is 0 Å². The van der Waals surface area contributed by atoms with Crippen LogP contribution >= 0.6 is 0 Å². The van der Waals surface area contributed by atoms with Crippen molar-refractivity contribution in [2.75, 3.05) is 6.61 Å². The van der Waals surface area contributed by atoms with Gasteiger partial charge in [-0.05, 0) is 36.8 Å². The number of primary amides is 1. The van der Waals surface area contributed by atoms with E-state index in [1.54, 1.807) is 6.92 Å². The summed E-state index contributed by atoms with van der Waals surface area (Å²) in [5.41, 5.74) is 5.88. The van der Waals surface area contributed by atoms with E-state index >= 15 is 0 Å². The smallest absolute Gasteiger partial charge is 0.308 e. The normalized spacial score (nSPS) is 12.2. The van der Waals surface area contributed by atoms with E-state index in [0.717, 1.165) is 0 Å². The molecule has 0 aromatic heterocycles. The van der Waals surface area contributed by atoms with Crippen LogP contribution < -0.4 is 15.8 Å². The van der Waals surface area contributed by atoms with Gasteiger partial charge in [0, 0.05) is 30.5 Å². The third-order valence-corrected chi connectivity index (χ3v) is 4.60. The van der Waals surface area contributed by atoms with Gasteiger partial charge in [0.25, 0.3) is 11.6 Å². The number of nitro benzene ring substituents is 1. The molecular weight excluding hydrogens is 434 g/mol. The van der Waals surface area contributed by atoms with Crippen molar-refractivity contribution < 1.29 is 33.6 Å². The highest BCUT2D eigenvalue weighted by molar-refractivity contribution is 5.98. The molecule has 0 heterocycles. The zero-order valence-electron chi connectivity index (χ0n) is 18.0. The van der Waals surface area contributed by atoms with Gasteiger partial charge in [0.1, 0.15) is 11.8 Å². The third kappa shape index (κ3) is 7.13. The molecule has 0 saturated heterocycles. The standard InChI is InChI=1S/C22H23N3O8/c1-3-32-19(27)12-18(14-4-8-16(9-5-14)25(30)31)20(21(23)28)24-22(29)15-6-10-17(11-7-15)33-13(2)26/h4-11,18,20H,3,12H2,1-2H3,(H2,23,28)(H,24,29)/t18-,20-/m1/s1. The first-order chi connectivity index (χ1) is 15.6. The largest absolute Gasteiger partial charge is 0.466 e. The first-order valence-electron chi connectivity index (χ1n) is 9.91. The number of nitrogens with zero attached hydrogens (tertiary/aromatic N) is 1. The molecule has 33 heavy (non-hydrogen) atoms. The Morgan fingerprint density at radius 3 is 2.15 bits per heavy atom. The van der Waals surface area contributed by atoms with Crippen molar-refractivity contribution in [2.24, 2.45) is 5.73 Å². The van der Waals surface area contributed by atoms with E-state index in [2.05, 4.69) is 5.32 Å². The molecule has 2 atom stereocenters. The molecule has 0 radical (unpaired) electrons. The highest BCUT2D eigenvalue weighted by Crippen LogP contribution is 2.27. The van der Waals surface area contributed by atoms with Gasteiger partial charge in [-0.2, -0.15) is 0 Å². The van der Waals surface area contributed by atoms with Gasteiger partial charge in [-0.1, -0.05) is 12.1 Å². The fraction of sp³-hybridized carbons (Fsp3) is 0.273. The molecule has 0 unspecified atom stereocenters. The van der Waals surface area contributed by atoms with Crippen molar-refractivity contribution in [3.63, 3.8) is 0 Å². The van der Waals surface area contributed by atoms with Gasteiger partial charge in [-0.25, -0.2) is 0 Å². The minimum absolute atomic E-state index is 0.105. The summed E-state index contributed by atoms with van der Waals surface area (Å²) in [7, 11) is 0. The number of hydrogen-bond acceptors (Lipinski definition) is 8. The van der Waals surface area contributed by atoms with Crippen LogP contribution in [0.15, 0.2) is 48.5 Å². The molecule has 2 aromatic rings.